The standard InChI is InChI=1S/C21H19F3N4O3S/c1-13-10-15-11-14(4-6-18(15)28(13)32(2,30)31)20(29)26-17-12-16(21(22,23)24)5-7-19(17)27-9-3-8-25-27/h3-9,11-13H,10H2,1-2H3,(H,26,29). The minimum Gasteiger partial charge on any atom is -0.320 e. The summed E-state index contributed by atoms with van der Waals surface area (Å²) in [5.74, 6) is -0.619. The Morgan fingerprint density at radius 1 is 1.16 bits per heavy atom. The van der Waals surface area contributed by atoms with Gasteiger partial charge >= 0.3 is 6.18 Å². The van der Waals surface area contributed by atoms with E-state index in [1.54, 1.807) is 25.3 Å². The highest BCUT2D eigenvalue weighted by Gasteiger charge is 2.33. The fourth-order valence-corrected chi connectivity index (χ4v) is 5.13. The zero-order valence-electron chi connectivity index (χ0n) is 17.1. The van der Waals surface area contributed by atoms with Crippen LogP contribution in [0.2, 0.25) is 0 Å². The lowest BCUT2D eigenvalue weighted by Crippen LogP contribution is -2.34. The molecule has 0 radical (unpaired) electrons. The maximum atomic E-state index is 13.2. The highest BCUT2D eigenvalue weighted by molar-refractivity contribution is 7.92. The van der Waals surface area contributed by atoms with Gasteiger partial charge in [0, 0.05) is 24.0 Å². The summed E-state index contributed by atoms with van der Waals surface area (Å²) in [5, 5.41) is 6.57. The van der Waals surface area contributed by atoms with Crippen LogP contribution in [-0.2, 0) is 22.6 Å². The van der Waals surface area contributed by atoms with Crippen molar-refractivity contribution in [1.82, 2.24) is 9.78 Å². The number of nitrogens with zero attached hydrogens (tertiary/aromatic N) is 3. The monoisotopic (exact) mass is 464 g/mol. The lowest BCUT2D eigenvalue weighted by molar-refractivity contribution is -0.137. The van der Waals surface area contributed by atoms with Crippen LogP contribution in [0.4, 0.5) is 24.5 Å². The zero-order valence-corrected chi connectivity index (χ0v) is 17.9. The fourth-order valence-electron chi connectivity index (χ4n) is 3.87. The quantitative estimate of drug-likeness (QED) is 0.636. The number of benzene rings is 2. The van der Waals surface area contributed by atoms with E-state index < -0.39 is 27.7 Å². The second-order valence-corrected chi connectivity index (χ2v) is 9.45. The number of carbonyl (C=O) groups excluding carboxylic acids is 1. The van der Waals surface area contributed by atoms with Gasteiger partial charge in [-0.25, -0.2) is 13.1 Å². The highest BCUT2D eigenvalue weighted by atomic mass is 32.2. The molecule has 4 rings (SSSR count). The maximum Gasteiger partial charge on any atom is 0.416 e. The number of anilines is 2. The number of aromatic nitrogens is 2. The molecule has 32 heavy (non-hydrogen) atoms. The third-order valence-electron chi connectivity index (χ3n) is 5.18. The van der Waals surface area contributed by atoms with Crippen molar-refractivity contribution in [2.45, 2.75) is 25.6 Å². The average Bonchev–Trinajstić information content (AvgIpc) is 3.32. The van der Waals surface area contributed by atoms with Crippen molar-refractivity contribution < 1.29 is 26.4 Å². The minimum absolute atomic E-state index is 0.0554. The predicted octanol–water partition coefficient (Wildman–Crippen LogP) is 3.85. The molecule has 11 heteroatoms. The molecule has 0 fully saturated rings. The number of nitrogens with one attached hydrogen (secondary N) is 1. The molecule has 1 aromatic heterocycles. The van der Waals surface area contributed by atoms with Crippen LogP contribution in [0.15, 0.2) is 54.9 Å². The van der Waals surface area contributed by atoms with Gasteiger partial charge in [-0.3, -0.25) is 9.10 Å². The first-order valence-electron chi connectivity index (χ1n) is 9.60. The van der Waals surface area contributed by atoms with Crippen molar-refractivity contribution >= 4 is 27.3 Å². The molecule has 0 aliphatic carbocycles. The third-order valence-corrected chi connectivity index (χ3v) is 6.45. The molecule has 2 aromatic carbocycles. The molecule has 1 unspecified atom stereocenters. The molecule has 0 saturated heterocycles. The van der Waals surface area contributed by atoms with Crippen molar-refractivity contribution in [3.8, 4) is 5.69 Å². The smallest absolute Gasteiger partial charge is 0.320 e. The van der Waals surface area contributed by atoms with Crippen molar-refractivity contribution in [3.63, 3.8) is 0 Å². The molecule has 7 nitrogen and oxygen atoms in total. The molecule has 1 atom stereocenters. The largest absolute Gasteiger partial charge is 0.416 e. The van der Waals surface area contributed by atoms with E-state index in [4.69, 9.17) is 0 Å². The summed E-state index contributed by atoms with van der Waals surface area (Å²) in [5.41, 5.74) is 0.680. The molecule has 1 aliphatic heterocycles. The lowest BCUT2D eigenvalue weighted by Gasteiger charge is -2.22. The van der Waals surface area contributed by atoms with Gasteiger partial charge in [0.25, 0.3) is 5.91 Å². The highest BCUT2D eigenvalue weighted by Crippen LogP contribution is 2.36. The van der Waals surface area contributed by atoms with Crippen LogP contribution in [0, 0.1) is 0 Å². The van der Waals surface area contributed by atoms with Crippen LogP contribution in [-0.4, -0.2) is 36.4 Å². The van der Waals surface area contributed by atoms with E-state index in [-0.39, 0.29) is 23.0 Å². The molecule has 0 saturated carbocycles. The fraction of sp³-hybridized carbons (Fsp3) is 0.238. The Labute approximate surface area is 182 Å². The Morgan fingerprint density at radius 3 is 2.50 bits per heavy atom. The number of hydrogen-bond donors (Lipinski definition) is 1. The van der Waals surface area contributed by atoms with Gasteiger partial charge in [-0.15, -0.1) is 0 Å². The summed E-state index contributed by atoms with van der Waals surface area (Å²) in [6.07, 6.45) is -0.0243. The second kappa shape index (κ2) is 7.66. The first-order chi connectivity index (χ1) is 14.9. The maximum absolute atomic E-state index is 13.2. The molecule has 0 bridgehead atoms. The average molecular weight is 464 g/mol. The Kier molecular flexibility index (Phi) is 5.24. The number of hydrogen-bond acceptors (Lipinski definition) is 4. The number of carbonyl (C=O) groups is 1. The summed E-state index contributed by atoms with van der Waals surface area (Å²) < 4.78 is 66.5. The SMILES string of the molecule is CC1Cc2cc(C(=O)Nc3cc(C(F)(F)F)ccc3-n3cccn3)ccc2N1S(C)(=O)=O. The first-order valence-corrected chi connectivity index (χ1v) is 11.4. The summed E-state index contributed by atoms with van der Waals surface area (Å²) in [6.45, 7) is 1.76. The zero-order chi connectivity index (χ0) is 23.3. The summed E-state index contributed by atoms with van der Waals surface area (Å²) >= 11 is 0. The summed E-state index contributed by atoms with van der Waals surface area (Å²) in [7, 11) is -3.48. The number of fused-ring (bicyclic) bond motifs is 1. The molecule has 0 spiro atoms. The van der Waals surface area contributed by atoms with Crippen molar-refractivity contribution in [2.75, 3.05) is 15.9 Å². The van der Waals surface area contributed by atoms with Gasteiger partial charge < -0.3 is 5.32 Å². The van der Waals surface area contributed by atoms with Gasteiger partial charge in [0.1, 0.15) is 0 Å². The van der Waals surface area contributed by atoms with Gasteiger partial charge in [0.05, 0.1) is 28.9 Å². The molecule has 1 aliphatic rings. The van der Waals surface area contributed by atoms with Crippen molar-refractivity contribution in [1.29, 1.82) is 0 Å². The summed E-state index contributed by atoms with van der Waals surface area (Å²) in [4.78, 5) is 12.9. The van der Waals surface area contributed by atoms with Crippen LogP contribution in [0.3, 0.4) is 0 Å². The number of alkyl halides is 3. The van der Waals surface area contributed by atoms with Gasteiger partial charge in [0.2, 0.25) is 10.0 Å². The first kappa shape index (κ1) is 21.9. The van der Waals surface area contributed by atoms with E-state index in [0.717, 1.165) is 18.4 Å². The van der Waals surface area contributed by atoms with E-state index in [1.165, 1.54) is 33.4 Å². The van der Waals surface area contributed by atoms with Crippen LogP contribution in [0.25, 0.3) is 5.69 Å². The molecular weight excluding hydrogens is 445 g/mol. The topological polar surface area (TPSA) is 84.3 Å². The predicted molar refractivity (Wildman–Crippen MR) is 113 cm³/mol. The minimum atomic E-state index is -4.58. The van der Waals surface area contributed by atoms with Gasteiger partial charge in [-0.05, 0) is 61.4 Å². The Balaban J connectivity index is 1.69. The van der Waals surface area contributed by atoms with E-state index in [1.807, 2.05) is 0 Å². The molecule has 1 amide bonds. The van der Waals surface area contributed by atoms with Crippen LogP contribution in [0.5, 0.6) is 0 Å². The van der Waals surface area contributed by atoms with Gasteiger partial charge in [-0.2, -0.15) is 18.3 Å². The van der Waals surface area contributed by atoms with E-state index in [9.17, 15) is 26.4 Å². The van der Waals surface area contributed by atoms with Crippen LogP contribution < -0.4 is 9.62 Å². The Hall–Kier alpha value is -3.34. The Bertz CT molecular complexity index is 1290. The molecule has 168 valence electrons. The third kappa shape index (κ3) is 4.07. The summed E-state index contributed by atoms with van der Waals surface area (Å²) in [6, 6.07) is 8.87. The van der Waals surface area contributed by atoms with Gasteiger partial charge in [-0.1, -0.05) is 0 Å². The molecule has 1 N–H and O–H groups in total. The molecule has 2 heterocycles. The molecule has 3 aromatic rings. The Morgan fingerprint density at radius 2 is 1.88 bits per heavy atom. The number of halogens is 3. The van der Waals surface area contributed by atoms with E-state index >= 15 is 0 Å². The van der Waals surface area contributed by atoms with Crippen molar-refractivity contribution in [3.05, 3.63) is 71.5 Å². The van der Waals surface area contributed by atoms with Crippen molar-refractivity contribution in [2.24, 2.45) is 0 Å². The normalized spacial score (nSPS) is 16.2. The number of amides is 1. The number of rotatable bonds is 4. The van der Waals surface area contributed by atoms with E-state index in [0.29, 0.717) is 17.7 Å². The van der Waals surface area contributed by atoms with E-state index in [2.05, 4.69) is 10.4 Å². The molecular formula is C21H19F3N4O3S. The number of sulfonamides is 1. The van der Waals surface area contributed by atoms with Crippen LogP contribution >= 0.6 is 0 Å². The van der Waals surface area contributed by atoms with Gasteiger partial charge in [0.15, 0.2) is 0 Å². The second-order valence-electron chi connectivity index (χ2n) is 7.59. The lowest BCUT2D eigenvalue weighted by atomic mass is 10.1. The van der Waals surface area contributed by atoms with Crippen LogP contribution in [0.1, 0.15) is 28.4 Å².